The molecule has 1 atom stereocenters. The Morgan fingerprint density at radius 3 is 2.50 bits per heavy atom. The summed E-state index contributed by atoms with van der Waals surface area (Å²) >= 11 is 5.86. The number of benzene rings is 2. The van der Waals surface area contributed by atoms with Crippen molar-refractivity contribution in [3.63, 3.8) is 0 Å². The van der Waals surface area contributed by atoms with Gasteiger partial charge in [0.05, 0.1) is 16.7 Å². The Morgan fingerprint density at radius 2 is 1.93 bits per heavy atom. The minimum Gasteiger partial charge on any atom is -0.300 e. The second-order valence-corrected chi connectivity index (χ2v) is 9.43. The zero-order valence-corrected chi connectivity index (χ0v) is 17.9. The van der Waals surface area contributed by atoms with Crippen LogP contribution in [0.15, 0.2) is 53.9 Å². The molecule has 9 heteroatoms. The molecule has 1 aliphatic heterocycles. The van der Waals surface area contributed by atoms with Crippen LogP contribution in [-0.4, -0.2) is 31.0 Å². The van der Waals surface area contributed by atoms with Crippen molar-refractivity contribution >= 4 is 38.7 Å². The largest absolute Gasteiger partial charge is 0.300 e. The maximum absolute atomic E-state index is 13.3. The molecule has 2 aromatic rings. The van der Waals surface area contributed by atoms with E-state index < -0.39 is 26.7 Å². The van der Waals surface area contributed by atoms with E-state index in [9.17, 15) is 23.3 Å². The molecule has 1 aliphatic rings. The summed E-state index contributed by atoms with van der Waals surface area (Å²) in [4.78, 5) is 25.2. The molecule has 0 bridgehead atoms. The highest BCUT2D eigenvalue weighted by molar-refractivity contribution is 7.94. The minimum absolute atomic E-state index is 0.0545. The van der Waals surface area contributed by atoms with Gasteiger partial charge in [0.2, 0.25) is 0 Å². The van der Waals surface area contributed by atoms with E-state index in [2.05, 4.69) is 6.92 Å². The number of carbonyl (C=O) groups is 1. The smallest absolute Gasteiger partial charge is 0.288 e. The van der Waals surface area contributed by atoms with E-state index in [4.69, 9.17) is 11.6 Å². The van der Waals surface area contributed by atoms with Crippen LogP contribution in [0.2, 0.25) is 5.02 Å². The number of hydrogen-bond donors (Lipinski definition) is 0. The Labute approximate surface area is 180 Å². The van der Waals surface area contributed by atoms with Crippen molar-refractivity contribution in [3.8, 4) is 0 Å². The van der Waals surface area contributed by atoms with E-state index in [1.165, 1.54) is 23.1 Å². The van der Waals surface area contributed by atoms with Crippen molar-refractivity contribution in [1.82, 2.24) is 0 Å². The summed E-state index contributed by atoms with van der Waals surface area (Å²) in [6.45, 7) is 2.10. The monoisotopic (exact) mass is 448 g/mol. The quantitative estimate of drug-likeness (QED) is 0.457. The fourth-order valence-corrected chi connectivity index (χ4v) is 4.76. The molecule has 0 saturated carbocycles. The molecular weight excluding hydrogens is 428 g/mol. The summed E-state index contributed by atoms with van der Waals surface area (Å²) in [6.07, 6.45) is 4.47. The number of unbranched alkanes of at least 4 members (excludes halogenated alkanes) is 1. The van der Waals surface area contributed by atoms with Gasteiger partial charge in [0, 0.05) is 22.7 Å². The van der Waals surface area contributed by atoms with Gasteiger partial charge in [-0.3, -0.25) is 14.9 Å². The number of carbonyl (C=O) groups excluding carboxylic acids is 1. The summed E-state index contributed by atoms with van der Waals surface area (Å²) in [7, 11) is -3.42. The minimum atomic E-state index is -3.42. The van der Waals surface area contributed by atoms with Crippen molar-refractivity contribution < 1.29 is 18.1 Å². The Kier molecular flexibility index (Phi) is 6.58. The molecule has 1 unspecified atom stereocenters. The van der Waals surface area contributed by atoms with Crippen LogP contribution >= 0.6 is 11.6 Å². The molecule has 2 aromatic carbocycles. The maximum atomic E-state index is 13.3. The number of anilines is 1. The number of nitro groups is 1. The van der Waals surface area contributed by atoms with E-state index in [1.807, 2.05) is 12.1 Å². The van der Waals surface area contributed by atoms with Gasteiger partial charge in [-0.1, -0.05) is 37.1 Å². The lowest BCUT2D eigenvalue weighted by Crippen LogP contribution is -2.41. The van der Waals surface area contributed by atoms with Gasteiger partial charge in [-0.2, -0.15) is 0 Å². The van der Waals surface area contributed by atoms with E-state index >= 15 is 0 Å². The predicted octanol–water partition coefficient (Wildman–Crippen LogP) is 4.55. The Morgan fingerprint density at radius 1 is 1.23 bits per heavy atom. The molecule has 0 aliphatic carbocycles. The van der Waals surface area contributed by atoms with Gasteiger partial charge >= 0.3 is 0 Å². The molecular formula is C21H21ClN2O5S. The SMILES string of the molecule is CCCCc1ccc(N(C(=O)c2ccc(Cl)c([N+](=O)[O-])c2)C2C=CS(=O)(=O)C2)cc1. The number of sulfone groups is 1. The van der Waals surface area contributed by atoms with Crippen LogP contribution in [0.1, 0.15) is 35.7 Å². The lowest BCUT2D eigenvalue weighted by Gasteiger charge is -2.28. The summed E-state index contributed by atoms with van der Waals surface area (Å²) < 4.78 is 23.9. The second-order valence-electron chi connectivity index (χ2n) is 7.09. The predicted molar refractivity (Wildman–Crippen MR) is 117 cm³/mol. The third kappa shape index (κ3) is 4.88. The molecule has 158 valence electrons. The number of amides is 1. The molecule has 0 N–H and O–H groups in total. The highest BCUT2D eigenvalue weighted by Gasteiger charge is 2.32. The molecule has 3 rings (SSSR count). The first-order valence-electron chi connectivity index (χ1n) is 9.49. The zero-order valence-electron chi connectivity index (χ0n) is 16.3. The van der Waals surface area contributed by atoms with Crippen LogP contribution in [0.5, 0.6) is 0 Å². The lowest BCUT2D eigenvalue weighted by atomic mass is 10.1. The van der Waals surface area contributed by atoms with E-state index in [0.717, 1.165) is 36.3 Å². The Balaban J connectivity index is 2.00. The first-order chi connectivity index (χ1) is 14.2. The highest BCUT2D eigenvalue weighted by Crippen LogP contribution is 2.29. The molecule has 0 fully saturated rings. The molecule has 0 radical (unpaired) electrons. The van der Waals surface area contributed by atoms with Gasteiger partial charge in [0.1, 0.15) is 5.02 Å². The average molecular weight is 449 g/mol. The highest BCUT2D eigenvalue weighted by atomic mass is 35.5. The van der Waals surface area contributed by atoms with Crippen LogP contribution in [0.4, 0.5) is 11.4 Å². The van der Waals surface area contributed by atoms with Crippen molar-refractivity contribution in [2.45, 2.75) is 32.2 Å². The first kappa shape index (κ1) is 22.0. The Bertz CT molecular complexity index is 1100. The van der Waals surface area contributed by atoms with Gasteiger partial charge in [-0.15, -0.1) is 0 Å². The van der Waals surface area contributed by atoms with Crippen molar-refractivity contribution in [2.24, 2.45) is 0 Å². The summed E-state index contributed by atoms with van der Waals surface area (Å²) in [5.41, 5.74) is 1.31. The summed E-state index contributed by atoms with van der Waals surface area (Å²) in [5.74, 6) is -0.783. The van der Waals surface area contributed by atoms with Gasteiger partial charge in [-0.05, 0) is 48.7 Å². The summed E-state index contributed by atoms with van der Waals surface area (Å²) in [6, 6.07) is 10.4. The zero-order chi connectivity index (χ0) is 21.9. The van der Waals surface area contributed by atoms with E-state index in [1.54, 1.807) is 12.1 Å². The van der Waals surface area contributed by atoms with Gasteiger partial charge in [-0.25, -0.2) is 8.42 Å². The van der Waals surface area contributed by atoms with E-state index in [-0.39, 0.29) is 22.0 Å². The molecule has 0 aromatic heterocycles. The van der Waals surface area contributed by atoms with Crippen LogP contribution in [0, 0.1) is 10.1 Å². The van der Waals surface area contributed by atoms with Crippen LogP contribution in [0.3, 0.4) is 0 Å². The van der Waals surface area contributed by atoms with Gasteiger partial charge < -0.3 is 4.90 Å². The van der Waals surface area contributed by atoms with Crippen molar-refractivity contribution in [3.05, 3.63) is 80.2 Å². The number of aryl methyl sites for hydroxylation is 1. The van der Waals surface area contributed by atoms with Gasteiger partial charge in [0.15, 0.2) is 9.84 Å². The standard InChI is InChI=1S/C21H21ClN2O5S/c1-2-3-4-15-5-8-17(9-6-15)23(18-11-12-30(28,29)14-18)21(25)16-7-10-19(22)20(13-16)24(26)27/h5-13,18H,2-4,14H2,1H3. The molecule has 30 heavy (non-hydrogen) atoms. The summed E-state index contributed by atoms with van der Waals surface area (Å²) in [5, 5.41) is 12.2. The number of rotatable bonds is 7. The molecule has 0 spiro atoms. The van der Waals surface area contributed by atoms with Crippen molar-refractivity contribution in [1.29, 1.82) is 0 Å². The Hall–Kier alpha value is -2.71. The van der Waals surface area contributed by atoms with Crippen LogP contribution in [-0.2, 0) is 16.3 Å². The topological polar surface area (TPSA) is 97.6 Å². The number of halogens is 1. The molecule has 1 heterocycles. The van der Waals surface area contributed by atoms with E-state index in [0.29, 0.717) is 5.69 Å². The number of hydrogen-bond acceptors (Lipinski definition) is 5. The number of nitro benzene ring substituents is 1. The maximum Gasteiger partial charge on any atom is 0.288 e. The average Bonchev–Trinajstić information content (AvgIpc) is 3.06. The molecule has 1 amide bonds. The molecule has 0 saturated heterocycles. The third-order valence-corrected chi connectivity index (χ3v) is 6.58. The lowest BCUT2D eigenvalue weighted by molar-refractivity contribution is -0.384. The molecule has 7 nitrogen and oxygen atoms in total. The van der Waals surface area contributed by atoms with Crippen molar-refractivity contribution in [2.75, 3.05) is 10.7 Å². The van der Waals surface area contributed by atoms with Gasteiger partial charge in [0.25, 0.3) is 11.6 Å². The third-order valence-electron chi connectivity index (χ3n) is 4.88. The second kappa shape index (κ2) is 8.97. The fourth-order valence-electron chi connectivity index (χ4n) is 3.31. The first-order valence-corrected chi connectivity index (χ1v) is 11.6. The van der Waals surface area contributed by atoms with Crippen LogP contribution < -0.4 is 4.90 Å². The number of nitrogens with zero attached hydrogens (tertiary/aromatic N) is 2. The normalized spacial score (nSPS) is 17.1. The van der Waals surface area contributed by atoms with Crippen LogP contribution in [0.25, 0.3) is 0 Å². The fraction of sp³-hybridized carbons (Fsp3) is 0.286.